The highest BCUT2D eigenvalue weighted by atomic mass is 16.3. The van der Waals surface area contributed by atoms with Gasteiger partial charge < -0.3 is 4.42 Å². The van der Waals surface area contributed by atoms with E-state index in [1.807, 2.05) is 26.0 Å². The highest BCUT2D eigenvalue weighted by Crippen LogP contribution is 2.34. The Hall–Kier alpha value is -0.720. The van der Waals surface area contributed by atoms with Crippen molar-refractivity contribution in [1.29, 1.82) is 0 Å². The van der Waals surface area contributed by atoms with Crippen molar-refractivity contribution in [2.45, 2.75) is 47.5 Å². The summed E-state index contributed by atoms with van der Waals surface area (Å²) in [6, 6.07) is 3.98. The average molecular weight is 182 g/mol. The summed E-state index contributed by atoms with van der Waals surface area (Å²) in [5, 5.41) is 0. The van der Waals surface area contributed by atoms with E-state index in [9.17, 15) is 0 Å². The molecule has 0 fully saturated rings. The first kappa shape index (κ1) is 12.3. The van der Waals surface area contributed by atoms with Gasteiger partial charge in [0, 0.05) is 5.92 Å². The highest BCUT2D eigenvalue weighted by molar-refractivity contribution is 5.06. The third-order valence-electron chi connectivity index (χ3n) is 2.27. The van der Waals surface area contributed by atoms with Gasteiger partial charge in [0.2, 0.25) is 0 Å². The van der Waals surface area contributed by atoms with Gasteiger partial charge in [-0.15, -0.1) is 0 Å². The normalized spacial score (nSPS) is 13.1. The Morgan fingerprint density at radius 2 is 1.77 bits per heavy atom. The van der Waals surface area contributed by atoms with Crippen molar-refractivity contribution in [2.24, 2.45) is 5.41 Å². The van der Waals surface area contributed by atoms with Crippen LogP contribution in [-0.4, -0.2) is 0 Å². The third-order valence-corrected chi connectivity index (χ3v) is 2.27. The van der Waals surface area contributed by atoms with Gasteiger partial charge in [-0.25, -0.2) is 0 Å². The van der Waals surface area contributed by atoms with Crippen LogP contribution >= 0.6 is 0 Å². The minimum atomic E-state index is 0.290. The standard InChI is InChI=1S/C10H16O.C2H6/c1-8(10(2,3)4)9-6-5-7-11-9;1-2/h5-8H,1-4H3;1-2H3/t8-;/m0./s1. The second kappa shape index (κ2) is 5.11. The Balaban J connectivity index is 0.000000671. The molecule has 1 rings (SSSR count). The molecule has 0 bridgehead atoms. The van der Waals surface area contributed by atoms with Crippen molar-refractivity contribution in [1.82, 2.24) is 0 Å². The van der Waals surface area contributed by atoms with Crippen molar-refractivity contribution in [3.63, 3.8) is 0 Å². The molecule has 0 unspecified atom stereocenters. The van der Waals surface area contributed by atoms with E-state index in [1.165, 1.54) is 0 Å². The van der Waals surface area contributed by atoms with Crippen LogP contribution in [0.15, 0.2) is 22.8 Å². The van der Waals surface area contributed by atoms with Gasteiger partial charge in [0.25, 0.3) is 0 Å². The lowest BCUT2D eigenvalue weighted by Crippen LogP contribution is -2.14. The number of hydrogen-bond acceptors (Lipinski definition) is 1. The summed E-state index contributed by atoms with van der Waals surface area (Å²) in [6.07, 6.45) is 1.73. The van der Waals surface area contributed by atoms with Crippen molar-refractivity contribution in [3.8, 4) is 0 Å². The van der Waals surface area contributed by atoms with E-state index in [0.717, 1.165) is 5.76 Å². The number of hydrogen-bond donors (Lipinski definition) is 0. The molecule has 0 saturated heterocycles. The van der Waals surface area contributed by atoms with Crippen molar-refractivity contribution in [3.05, 3.63) is 24.2 Å². The molecule has 0 spiro atoms. The molecule has 0 saturated carbocycles. The Labute approximate surface area is 82.2 Å². The largest absolute Gasteiger partial charge is 0.469 e. The average Bonchev–Trinajstić information content (AvgIpc) is 2.57. The monoisotopic (exact) mass is 182 g/mol. The maximum atomic E-state index is 5.32. The van der Waals surface area contributed by atoms with Crippen LogP contribution in [0.4, 0.5) is 0 Å². The molecule has 0 N–H and O–H groups in total. The van der Waals surface area contributed by atoms with E-state index < -0.39 is 0 Å². The van der Waals surface area contributed by atoms with Crippen LogP contribution in [-0.2, 0) is 0 Å². The molecule has 1 nitrogen and oxygen atoms in total. The Kier molecular flexibility index (Phi) is 4.82. The summed E-state index contributed by atoms with van der Waals surface area (Å²) in [6.45, 7) is 12.9. The zero-order valence-corrected chi connectivity index (χ0v) is 9.72. The molecule has 1 heterocycles. The molecule has 1 atom stereocenters. The zero-order chi connectivity index (χ0) is 10.5. The smallest absolute Gasteiger partial charge is 0.107 e. The molecular formula is C12H22O. The molecule has 1 aromatic rings. The van der Waals surface area contributed by atoms with Crippen LogP contribution in [0.2, 0.25) is 0 Å². The van der Waals surface area contributed by atoms with E-state index in [-0.39, 0.29) is 5.41 Å². The fraction of sp³-hybridized carbons (Fsp3) is 0.667. The SMILES string of the molecule is CC.C[C@@H](c1ccco1)C(C)(C)C. The third kappa shape index (κ3) is 3.67. The van der Waals surface area contributed by atoms with Crippen LogP contribution in [0.3, 0.4) is 0 Å². The molecule has 76 valence electrons. The lowest BCUT2D eigenvalue weighted by molar-refractivity contribution is 0.296. The highest BCUT2D eigenvalue weighted by Gasteiger charge is 2.23. The lowest BCUT2D eigenvalue weighted by Gasteiger charge is -2.25. The first-order chi connectivity index (χ1) is 6.02. The van der Waals surface area contributed by atoms with E-state index in [1.54, 1.807) is 6.26 Å². The fourth-order valence-corrected chi connectivity index (χ4v) is 0.964. The van der Waals surface area contributed by atoms with Gasteiger partial charge >= 0.3 is 0 Å². The van der Waals surface area contributed by atoms with Gasteiger partial charge in [0.1, 0.15) is 5.76 Å². The summed E-state index contributed by atoms with van der Waals surface area (Å²) >= 11 is 0. The fourth-order valence-electron chi connectivity index (χ4n) is 0.964. The van der Waals surface area contributed by atoms with Crippen LogP contribution in [0.1, 0.15) is 53.2 Å². The van der Waals surface area contributed by atoms with Gasteiger partial charge in [0.05, 0.1) is 6.26 Å². The maximum Gasteiger partial charge on any atom is 0.107 e. The van der Waals surface area contributed by atoms with E-state index in [0.29, 0.717) is 5.92 Å². The first-order valence-corrected chi connectivity index (χ1v) is 5.05. The Bertz CT molecular complexity index is 204. The van der Waals surface area contributed by atoms with Crippen LogP contribution in [0, 0.1) is 5.41 Å². The molecule has 13 heavy (non-hydrogen) atoms. The van der Waals surface area contributed by atoms with Crippen LogP contribution in [0.25, 0.3) is 0 Å². The Morgan fingerprint density at radius 1 is 1.23 bits per heavy atom. The molecule has 0 aliphatic heterocycles. The molecule has 0 aliphatic carbocycles. The summed E-state index contributed by atoms with van der Waals surface area (Å²) in [5.41, 5.74) is 0.290. The molecule has 0 radical (unpaired) electrons. The summed E-state index contributed by atoms with van der Waals surface area (Å²) in [7, 11) is 0. The van der Waals surface area contributed by atoms with Gasteiger partial charge in [-0.2, -0.15) is 0 Å². The van der Waals surface area contributed by atoms with E-state index >= 15 is 0 Å². The minimum absolute atomic E-state index is 0.290. The summed E-state index contributed by atoms with van der Waals surface area (Å²) < 4.78 is 5.32. The molecule has 0 aromatic carbocycles. The molecule has 1 aromatic heterocycles. The molecule has 0 amide bonds. The molecular weight excluding hydrogens is 160 g/mol. The number of furan rings is 1. The minimum Gasteiger partial charge on any atom is -0.469 e. The van der Waals surface area contributed by atoms with E-state index in [4.69, 9.17) is 4.42 Å². The predicted molar refractivity (Wildman–Crippen MR) is 57.9 cm³/mol. The Morgan fingerprint density at radius 3 is 2.08 bits per heavy atom. The van der Waals surface area contributed by atoms with Gasteiger partial charge in [0.15, 0.2) is 0 Å². The van der Waals surface area contributed by atoms with Gasteiger partial charge in [-0.05, 0) is 17.5 Å². The summed E-state index contributed by atoms with van der Waals surface area (Å²) in [4.78, 5) is 0. The predicted octanol–water partition coefficient (Wildman–Crippen LogP) is 4.46. The maximum absolute atomic E-state index is 5.32. The van der Waals surface area contributed by atoms with Crippen molar-refractivity contribution in [2.75, 3.05) is 0 Å². The number of rotatable bonds is 1. The first-order valence-electron chi connectivity index (χ1n) is 5.05. The quantitative estimate of drug-likeness (QED) is 0.625. The molecule has 0 aliphatic rings. The van der Waals surface area contributed by atoms with Crippen molar-refractivity contribution < 1.29 is 4.42 Å². The second-order valence-corrected chi connectivity index (χ2v) is 4.10. The molecule has 1 heteroatoms. The van der Waals surface area contributed by atoms with E-state index in [2.05, 4.69) is 27.7 Å². The topological polar surface area (TPSA) is 13.1 Å². The van der Waals surface area contributed by atoms with Gasteiger partial charge in [-0.3, -0.25) is 0 Å². The lowest BCUT2D eigenvalue weighted by atomic mass is 9.81. The zero-order valence-electron chi connectivity index (χ0n) is 9.72. The van der Waals surface area contributed by atoms with Crippen LogP contribution < -0.4 is 0 Å². The van der Waals surface area contributed by atoms with Gasteiger partial charge in [-0.1, -0.05) is 41.5 Å². The second-order valence-electron chi connectivity index (χ2n) is 4.10. The van der Waals surface area contributed by atoms with Crippen LogP contribution in [0.5, 0.6) is 0 Å². The van der Waals surface area contributed by atoms with Crippen molar-refractivity contribution >= 4 is 0 Å². The summed E-state index contributed by atoms with van der Waals surface area (Å²) in [5.74, 6) is 1.56.